The van der Waals surface area contributed by atoms with Gasteiger partial charge in [0.15, 0.2) is 23.0 Å². The van der Waals surface area contributed by atoms with E-state index in [1.165, 1.54) is 237 Å². The Morgan fingerprint density at radius 3 is 0.844 bits per heavy atom. The average Bonchev–Trinajstić information content (AvgIpc) is 1.30. The SMILES string of the molecule is CCCCCCCCCCCCOc1cc(/C=C/c2ccc(-c3cc(-c4ccc(/C=C/c5cc(C)c(OCCCCCCCCCCCC)c(OCCCCCCCCCCCC)c5)cn4)c(F)cc3F)nc2)cc(C)c1OCCCCCCCCCCCC. The molecular weight excluding hydrogens is 1110 g/mol. The fraction of sp³-hybridized carbons (Fsp3) is 0.610. The average molecular weight is 1240 g/mol. The van der Waals surface area contributed by atoms with Crippen LogP contribution in [0.4, 0.5) is 8.78 Å². The molecule has 90 heavy (non-hydrogen) atoms. The molecule has 3 aromatic carbocycles. The zero-order valence-electron chi connectivity index (χ0n) is 57.6. The summed E-state index contributed by atoms with van der Waals surface area (Å²) in [5, 5.41) is 0. The van der Waals surface area contributed by atoms with E-state index in [1.54, 1.807) is 24.5 Å². The highest BCUT2D eigenvalue weighted by Crippen LogP contribution is 2.37. The molecule has 2 heterocycles. The minimum atomic E-state index is -0.680. The molecule has 498 valence electrons. The molecule has 0 N–H and O–H groups in total. The Kier molecular flexibility index (Phi) is 40.3. The number of aryl methyl sites for hydroxylation is 2. The molecule has 2 aromatic heterocycles. The van der Waals surface area contributed by atoms with Gasteiger partial charge in [-0.2, -0.15) is 0 Å². The van der Waals surface area contributed by atoms with Crippen LogP contribution in [0.25, 0.3) is 46.8 Å². The van der Waals surface area contributed by atoms with E-state index in [-0.39, 0.29) is 11.1 Å². The molecule has 0 fully saturated rings. The van der Waals surface area contributed by atoms with Gasteiger partial charge in [0.05, 0.1) is 37.8 Å². The van der Waals surface area contributed by atoms with Gasteiger partial charge >= 0.3 is 0 Å². The van der Waals surface area contributed by atoms with Gasteiger partial charge in [0, 0.05) is 29.6 Å². The van der Waals surface area contributed by atoms with E-state index in [9.17, 15) is 0 Å². The monoisotopic (exact) mass is 1240 g/mol. The third-order valence-corrected chi connectivity index (χ3v) is 17.6. The van der Waals surface area contributed by atoms with Gasteiger partial charge in [0.1, 0.15) is 11.6 Å². The molecule has 0 amide bonds. The molecule has 5 rings (SSSR count). The first-order chi connectivity index (χ1) is 44.2. The van der Waals surface area contributed by atoms with Crippen molar-refractivity contribution < 1.29 is 27.7 Å². The second-order valence-electron chi connectivity index (χ2n) is 25.9. The molecule has 5 aromatic rings. The fourth-order valence-corrected chi connectivity index (χ4v) is 12.0. The van der Waals surface area contributed by atoms with Crippen LogP contribution in [0.5, 0.6) is 23.0 Å². The van der Waals surface area contributed by atoms with Crippen molar-refractivity contribution in [2.24, 2.45) is 0 Å². The van der Waals surface area contributed by atoms with Gasteiger partial charge in [-0.3, -0.25) is 9.97 Å². The number of hydrogen-bond donors (Lipinski definition) is 0. The number of ether oxygens (including phenoxy) is 4. The maximum atomic E-state index is 15.6. The van der Waals surface area contributed by atoms with Crippen LogP contribution in [0.1, 0.15) is 318 Å². The van der Waals surface area contributed by atoms with Gasteiger partial charge in [0.2, 0.25) is 0 Å². The molecule has 0 saturated carbocycles. The Bertz CT molecular complexity index is 2520. The predicted octanol–water partition coefficient (Wildman–Crippen LogP) is 26.2. The summed E-state index contributed by atoms with van der Waals surface area (Å²) in [6.07, 6.45) is 62.9. The molecule has 0 spiro atoms. The van der Waals surface area contributed by atoms with Gasteiger partial charge in [-0.05, 0) is 115 Å². The first-order valence-corrected chi connectivity index (χ1v) is 36.8. The Morgan fingerprint density at radius 1 is 0.300 bits per heavy atom. The number of hydrogen-bond acceptors (Lipinski definition) is 6. The summed E-state index contributed by atoms with van der Waals surface area (Å²) >= 11 is 0. The van der Waals surface area contributed by atoms with Gasteiger partial charge in [-0.15, -0.1) is 0 Å². The molecular formula is C82H122F2N2O4. The highest BCUT2D eigenvalue weighted by molar-refractivity contribution is 5.76. The van der Waals surface area contributed by atoms with Gasteiger partial charge in [0.25, 0.3) is 0 Å². The molecule has 0 radical (unpaired) electrons. The van der Waals surface area contributed by atoms with Crippen molar-refractivity contribution in [1.82, 2.24) is 9.97 Å². The molecule has 0 saturated heterocycles. The number of aromatic nitrogens is 2. The summed E-state index contributed by atoms with van der Waals surface area (Å²) in [6, 6.07) is 18.3. The maximum absolute atomic E-state index is 15.6. The summed E-state index contributed by atoms with van der Waals surface area (Å²) < 4.78 is 57.3. The fourth-order valence-electron chi connectivity index (χ4n) is 12.0. The van der Waals surface area contributed by atoms with Crippen molar-refractivity contribution in [3.8, 4) is 45.5 Å². The summed E-state index contributed by atoms with van der Waals surface area (Å²) in [6.45, 7) is 16.0. The van der Waals surface area contributed by atoms with E-state index in [2.05, 4.69) is 87.9 Å². The topological polar surface area (TPSA) is 62.7 Å². The summed E-state index contributed by atoms with van der Waals surface area (Å²) in [7, 11) is 0. The third kappa shape index (κ3) is 31.2. The minimum absolute atomic E-state index is 0.207. The van der Waals surface area contributed by atoms with Crippen molar-refractivity contribution in [3.63, 3.8) is 0 Å². The number of unbranched alkanes of at least 4 members (excludes halogenated alkanes) is 36. The van der Waals surface area contributed by atoms with Crippen LogP contribution >= 0.6 is 0 Å². The van der Waals surface area contributed by atoms with Crippen LogP contribution in [0.3, 0.4) is 0 Å². The lowest BCUT2D eigenvalue weighted by molar-refractivity contribution is 0.257. The lowest BCUT2D eigenvalue weighted by Crippen LogP contribution is -2.04. The predicted molar refractivity (Wildman–Crippen MR) is 382 cm³/mol. The number of benzene rings is 3. The second-order valence-corrected chi connectivity index (χ2v) is 25.9. The van der Waals surface area contributed by atoms with Crippen LogP contribution < -0.4 is 18.9 Å². The molecule has 6 nitrogen and oxygen atoms in total. The van der Waals surface area contributed by atoms with E-state index >= 15 is 8.78 Å². The smallest absolute Gasteiger partial charge is 0.164 e. The minimum Gasteiger partial charge on any atom is -0.490 e. The summed E-state index contributed by atoms with van der Waals surface area (Å²) in [5.41, 5.74) is 7.03. The quantitative estimate of drug-likeness (QED) is 0.0362. The van der Waals surface area contributed by atoms with E-state index in [0.29, 0.717) is 37.8 Å². The van der Waals surface area contributed by atoms with Gasteiger partial charge in [-0.25, -0.2) is 8.78 Å². The van der Waals surface area contributed by atoms with E-state index in [4.69, 9.17) is 18.9 Å². The number of rotatable bonds is 54. The largest absolute Gasteiger partial charge is 0.490 e. The summed E-state index contributed by atoms with van der Waals surface area (Å²) in [4.78, 5) is 9.34. The van der Waals surface area contributed by atoms with Crippen LogP contribution in [0, 0.1) is 25.5 Å². The van der Waals surface area contributed by atoms with Gasteiger partial charge in [-0.1, -0.05) is 295 Å². The van der Waals surface area contributed by atoms with Crippen LogP contribution in [-0.2, 0) is 0 Å². The van der Waals surface area contributed by atoms with Crippen molar-refractivity contribution in [2.45, 2.75) is 298 Å². The lowest BCUT2D eigenvalue weighted by atomic mass is 10.0. The summed E-state index contributed by atoms with van der Waals surface area (Å²) in [5.74, 6) is 1.90. The number of nitrogens with zero attached hydrogens (tertiary/aromatic N) is 2. The first kappa shape index (κ1) is 75.2. The normalized spacial score (nSPS) is 11.6. The molecule has 0 aliphatic carbocycles. The Hall–Kier alpha value is -5.50. The van der Waals surface area contributed by atoms with E-state index in [1.807, 2.05) is 24.3 Å². The zero-order chi connectivity index (χ0) is 63.9. The second kappa shape index (κ2) is 48.3. The molecule has 0 aliphatic heterocycles. The maximum Gasteiger partial charge on any atom is 0.164 e. The lowest BCUT2D eigenvalue weighted by Gasteiger charge is -2.16. The van der Waals surface area contributed by atoms with Crippen molar-refractivity contribution in [3.05, 3.63) is 118 Å². The Morgan fingerprint density at radius 2 is 0.567 bits per heavy atom. The molecule has 0 atom stereocenters. The Labute approximate surface area is 547 Å². The van der Waals surface area contributed by atoms with Crippen molar-refractivity contribution in [1.29, 1.82) is 0 Å². The van der Waals surface area contributed by atoms with E-state index < -0.39 is 11.6 Å². The Balaban J connectivity index is 1.20. The molecule has 0 unspecified atom stereocenters. The number of halogens is 2. The van der Waals surface area contributed by atoms with Crippen molar-refractivity contribution in [2.75, 3.05) is 26.4 Å². The third-order valence-electron chi connectivity index (χ3n) is 17.6. The van der Waals surface area contributed by atoms with Crippen LogP contribution in [0.2, 0.25) is 0 Å². The first-order valence-electron chi connectivity index (χ1n) is 36.8. The standard InChI is InChI=1S/C82H122F2N2O4/c1-7-11-15-19-23-27-31-35-39-43-55-87-79-61-71(59-67(5)81(79)89-57-45-41-37-33-29-25-21-17-13-9-3)49-47-69-51-53-77(85-65-69)73-63-74(76(84)64-75(73)83)78-54-52-70(66-86-78)48-50-72-60-68(6)82(90-58-46-42-38-34-30-26-22-18-14-10-4)80(62-72)88-56-44-40-36-32-28-24-20-16-12-8-2/h47-54,59-66H,7-46,55-58H2,1-6H3/b49-47+,50-48+. The zero-order valence-corrected chi connectivity index (χ0v) is 57.6. The van der Waals surface area contributed by atoms with Crippen molar-refractivity contribution >= 4 is 24.3 Å². The highest BCUT2D eigenvalue weighted by atomic mass is 19.1. The highest BCUT2D eigenvalue weighted by Gasteiger charge is 2.17. The molecule has 8 heteroatoms. The van der Waals surface area contributed by atoms with E-state index in [0.717, 1.165) is 88.1 Å². The van der Waals surface area contributed by atoms with Crippen LogP contribution in [0.15, 0.2) is 73.1 Å². The number of pyridine rings is 2. The van der Waals surface area contributed by atoms with Crippen LogP contribution in [-0.4, -0.2) is 36.4 Å². The molecule has 0 bridgehead atoms. The molecule has 0 aliphatic rings. The van der Waals surface area contributed by atoms with Gasteiger partial charge < -0.3 is 18.9 Å².